The third-order valence-electron chi connectivity index (χ3n) is 2.80. The summed E-state index contributed by atoms with van der Waals surface area (Å²) in [6.45, 7) is 8.04. The minimum absolute atomic E-state index is 0.273. The molecule has 0 aliphatic rings. The number of carbonyl (C=O) groups excluding carboxylic acids is 1. The van der Waals surface area contributed by atoms with Crippen LogP contribution in [0.5, 0.6) is 0 Å². The maximum Gasteiger partial charge on any atom is 0.348 e. The standard InChI is InChI=1S/C12H14N2O2S/c1-5-16-12(15)10-7(3)9-6(2)8(4)13-14-11(9)17-10/h5H2,1-4H3. The lowest BCUT2D eigenvalue weighted by atomic mass is 10.1. The number of aryl methyl sites for hydroxylation is 3. The van der Waals surface area contributed by atoms with Crippen LogP contribution in [-0.2, 0) is 4.74 Å². The van der Waals surface area contributed by atoms with Gasteiger partial charge in [0.05, 0.1) is 12.3 Å². The molecule has 0 fully saturated rings. The first-order valence-electron chi connectivity index (χ1n) is 5.46. The summed E-state index contributed by atoms with van der Waals surface area (Å²) in [5, 5.41) is 9.23. The molecular weight excluding hydrogens is 236 g/mol. The van der Waals surface area contributed by atoms with Crippen LogP contribution in [0.1, 0.15) is 33.4 Å². The van der Waals surface area contributed by atoms with Gasteiger partial charge in [0.25, 0.3) is 0 Å². The predicted octanol–water partition coefficient (Wildman–Crippen LogP) is 2.79. The van der Waals surface area contributed by atoms with E-state index >= 15 is 0 Å². The fourth-order valence-electron chi connectivity index (χ4n) is 1.78. The van der Waals surface area contributed by atoms with Gasteiger partial charge in [-0.3, -0.25) is 0 Å². The summed E-state index contributed by atoms with van der Waals surface area (Å²) in [4.78, 5) is 13.2. The van der Waals surface area contributed by atoms with E-state index in [-0.39, 0.29) is 5.97 Å². The molecule has 4 nitrogen and oxygen atoms in total. The highest BCUT2D eigenvalue weighted by Crippen LogP contribution is 2.32. The van der Waals surface area contributed by atoms with Gasteiger partial charge in [0, 0.05) is 5.39 Å². The van der Waals surface area contributed by atoms with Gasteiger partial charge in [-0.15, -0.1) is 16.4 Å². The van der Waals surface area contributed by atoms with Crippen LogP contribution in [0, 0.1) is 20.8 Å². The van der Waals surface area contributed by atoms with Gasteiger partial charge in [-0.25, -0.2) is 4.79 Å². The summed E-state index contributed by atoms with van der Waals surface area (Å²) >= 11 is 1.35. The van der Waals surface area contributed by atoms with Crippen molar-refractivity contribution in [1.82, 2.24) is 10.2 Å². The Morgan fingerprint density at radius 2 is 1.94 bits per heavy atom. The van der Waals surface area contributed by atoms with Crippen LogP contribution < -0.4 is 0 Å². The number of hydrogen-bond acceptors (Lipinski definition) is 5. The summed E-state index contributed by atoms with van der Waals surface area (Å²) in [7, 11) is 0. The van der Waals surface area contributed by atoms with Crippen LogP contribution in [0.25, 0.3) is 10.2 Å². The van der Waals surface area contributed by atoms with Gasteiger partial charge in [-0.05, 0) is 38.8 Å². The number of ether oxygens (including phenoxy) is 1. The van der Waals surface area contributed by atoms with Crippen molar-refractivity contribution in [2.45, 2.75) is 27.7 Å². The Kier molecular flexibility index (Phi) is 3.11. The Morgan fingerprint density at radius 1 is 1.24 bits per heavy atom. The lowest BCUT2D eigenvalue weighted by Crippen LogP contribution is -2.03. The molecule has 2 heterocycles. The molecule has 90 valence electrons. The molecule has 2 aromatic heterocycles. The number of carbonyl (C=O) groups is 1. The molecule has 0 amide bonds. The van der Waals surface area contributed by atoms with E-state index < -0.39 is 0 Å². The summed E-state index contributed by atoms with van der Waals surface area (Å²) in [6.07, 6.45) is 0. The zero-order valence-electron chi connectivity index (χ0n) is 10.3. The normalized spacial score (nSPS) is 10.8. The Bertz CT molecular complexity index is 590. The molecule has 0 aliphatic carbocycles. The molecular formula is C12H14N2O2S. The number of aromatic nitrogens is 2. The molecule has 0 N–H and O–H groups in total. The summed E-state index contributed by atoms with van der Waals surface area (Å²) in [5.74, 6) is -0.273. The van der Waals surface area contributed by atoms with Gasteiger partial charge in [-0.2, -0.15) is 5.10 Å². The molecule has 0 saturated carbocycles. The molecule has 2 rings (SSSR count). The van der Waals surface area contributed by atoms with Crippen molar-refractivity contribution in [3.05, 3.63) is 21.7 Å². The van der Waals surface area contributed by atoms with E-state index in [1.165, 1.54) is 11.3 Å². The summed E-state index contributed by atoms with van der Waals surface area (Å²) < 4.78 is 5.03. The summed E-state index contributed by atoms with van der Waals surface area (Å²) in [5.41, 5.74) is 2.92. The number of esters is 1. The lowest BCUT2D eigenvalue weighted by molar-refractivity contribution is 0.0531. The molecule has 0 aromatic carbocycles. The molecule has 0 atom stereocenters. The molecule has 0 bridgehead atoms. The van der Waals surface area contributed by atoms with Crippen LogP contribution in [0.4, 0.5) is 0 Å². The Hall–Kier alpha value is -1.49. The van der Waals surface area contributed by atoms with Gasteiger partial charge in [-0.1, -0.05) is 0 Å². The third kappa shape index (κ3) is 1.91. The van der Waals surface area contributed by atoms with E-state index in [0.29, 0.717) is 11.5 Å². The summed E-state index contributed by atoms with van der Waals surface area (Å²) in [6, 6.07) is 0. The van der Waals surface area contributed by atoms with Gasteiger partial charge >= 0.3 is 5.97 Å². The quantitative estimate of drug-likeness (QED) is 0.769. The highest BCUT2D eigenvalue weighted by molar-refractivity contribution is 7.20. The molecule has 0 saturated heterocycles. The minimum atomic E-state index is -0.273. The van der Waals surface area contributed by atoms with E-state index in [2.05, 4.69) is 10.2 Å². The van der Waals surface area contributed by atoms with Crippen LogP contribution in [0.15, 0.2) is 0 Å². The van der Waals surface area contributed by atoms with E-state index in [1.54, 1.807) is 6.92 Å². The monoisotopic (exact) mass is 250 g/mol. The fraction of sp³-hybridized carbons (Fsp3) is 0.417. The highest BCUT2D eigenvalue weighted by atomic mass is 32.1. The van der Waals surface area contributed by atoms with Crippen molar-refractivity contribution in [2.75, 3.05) is 6.61 Å². The molecule has 0 aliphatic heterocycles. The first kappa shape index (κ1) is 12.0. The second kappa shape index (κ2) is 4.41. The van der Waals surface area contributed by atoms with Crippen LogP contribution in [0.2, 0.25) is 0 Å². The lowest BCUT2D eigenvalue weighted by Gasteiger charge is -2.01. The number of rotatable bonds is 2. The van der Waals surface area contributed by atoms with Crippen molar-refractivity contribution in [3.8, 4) is 0 Å². The van der Waals surface area contributed by atoms with Crippen LogP contribution in [0.3, 0.4) is 0 Å². The molecule has 5 heteroatoms. The van der Waals surface area contributed by atoms with E-state index in [4.69, 9.17) is 4.74 Å². The zero-order chi connectivity index (χ0) is 12.6. The zero-order valence-corrected chi connectivity index (χ0v) is 11.1. The first-order valence-corrected chi connectivity index (χ1v) is 6.28. The predicted molar refractivity (Wildman–Crippen MR) is 67.6 cm³/mol. The number of hydrogen-bond donors (Lipinski definition) is 0. The Morgan fingerprint density at radius 3 is 2.59 bits per heavy atom. The molecule has 17 heavy (non-hydrogen) atoms. The second-order valence-corrected chi connectivity index (χ2v) is 4.87. The van der Waals surface area contributed by atoms with Crippen molar-refractivity contribution in [3.63, 3.8) is 0 Å². The van der Waals surface area contributed by atoms with E-state index in [9.17, 15) is 4.79 Å². The first-order chi connectivity index (χ1) is 8.06. The van der Waals surface area contributed by atoms with Crippen molar-refractivity contribution in [2.24, 2.45) is 0 Å². The topological polar surface area (TPSA) is 52.1 Å². The van der Waals surface area contributed by atoms with Crippen LogP contribution >= 0.6 is 11.3 Å². The second-order valence-electron chi connectivity index (χ2n) is 3.87. The average molecular weight is 250 g/mol. The molecule has 0 unspecified atom stereocenters. The Labute approximate surface area is 104 Å². The number of thiophene rings is 1. The van der Waals surface area contributed by atoms with Gasteiger partial charge in [0.15, 0.2) is 0 Å². The molecule has 0 radical (unpaired) electrons. The van der Waals surface area contributed by atoms with E-state index in [0.717, 1.165) is 27.0 Å². The maximum absolute atomic E-state index is 11.8. The van der Waals surface area contributed by atoms with Gasteiger partial charge < -0.3 is 4.74 Å². The molecule has 0 spiro atoms. The Balaban J connectivity index is 2.65. The smallest absolute Gasteiger partial charge is 0.348 e. The third-order valence-corrected chi connectivity index (χ3v) is 3.95. The van der Waals surface area contributed by atoms with Gasteiger partial charge in [0.1, 0.15) is 9.71 Å². The SMILES string of the molecule is CCOC(=O)c1sc2nnc(C)c(C)c2c1C. The number of nitrogens with zero attached hydrogens (tertiary/aromatic N) is 2. The van der Waals surface area contributed by atoms with Crippen molar-refractivity contribution < 1.29 is 9.53 Å². The molecule has 2 aromatic rings. The van der Waals surface area contributed by atoms with Crippen molar-refractivity contribution >= 4 is 27.5 Å². The minimum Gasteiger partial charge on any atom is -0.462 e. The van der Waals surface area contributed by atoms with Crippen LogP contribution in [-0.4, -0.2) is 22.8 Å². The highest BCUT2D eigenvalue weighted by Gasteiger charge is 2.19. The van der Waals surface area contributed by atoms with Gasteiger partial charge in [0.2, 0.25) is 0 Å². The van der Waals surface area contributed by atoms with Crippen molar-refractivity contribution in [1.29, 1.82) is 0 Å². The van der Waals surface area contributed by atoms with E-state index in [1.807, 2.05) is 20.8 Å². The maximum atomic E-state index is 11.8. The largest absolute Gasteiger partial charge is 0.462 e. The fourth-order valence-corrected chi connectivity index (χ4v) is 2.86. The average Bonchev–Trinajstić information content (AvgIpc) is 2.62. The number of fused-ring (bicyclic) bond motifs is 1.